The number of likely N-dealkylation sites (tertiary alicyclic amines) is 1. The Hall–Kier alpha value is 0.210. The quantitative estimate of drug-likeness (QED) is 0.681. The first-order valence-electron chi connectivity index (χ1n) is 4.68. The van der Waals surface area contributed by atoms with Crippen LogP contribution in [0.25, 0.3) is 0 Å². The Morgan fingerprint density at radius 2 is 2.42 bits per heavy atom. The first-order valence-corrected chi connectivity index (χ1v) is 5.22. The van der Waals surface area contributed by atoms with Crippen LogP contribution in [-0.4, -0.2) is 41.6 Å². The molecular weight excluding hydrogens is 174 g/mol. The summed E-state index contributed by atoms with van der Waals surface area (Å²) in [5.41, 5.74) is 0. The van der Waals surface area contributed by atoms with Gasteiger partial charge in [0.2, 0.25) is 0 Å². The van der Waals surface area contributed by atoms with E-state index in [2.05, 4.69) is 11.8 Å². The molecule has 1 saturated heterocycles. The lowest BCUT2D eigenvalue weighted by Crippen LogP contribution is -2.40. The first kappa shape index (κ1) is 10.3. The molecule has 0 aliphatic carbocycles. The molecule has 1 aliphatic rings. The lowest BCUT2D eigenvalue weighted by atomic mass is 10.1. The molecule has 2 atom stereocenters. The second kappa shape index (κ2) is 5.05. The zero-order valence-corrected chi connectivity index (χ0v) is 8.43. The Morgan fingerprint density at radius 1 is 1.67 bits per heavy atom. The van der Waals surface area contributed by atoms with E-state index < -0.39 is 0 Å². The molecule has 0 saturated carbocycles. The van der Waals surface area contributed by atoms with Crippen LogP contribution in [-0.2, 0) is 0 Å². The number of alkyl halides is 1. The minimum Gasteiger partial charge on any atom is -0.392 e. The molecule has 1 aliphatic heterocycles. The molecular formula is C9H18ClNO. The van der Waals surface area contributed by atoms with Crippen molar-refractivity contribution in [3.05, 3.63) is 0 Å². The van der Waals surface area contributed by atoms with E-state index in [-0.39, 0.29) is 6.10 Å². The van der Waals surface area contributed by atoms with Crippen molar-refractivity contribution in [1.29, 1.82) is 0 Å². The van der Waals surface area contributed by atoms with Gasteiger partial charge < -0.3 is 10.0 Å². The molecule has 72 valence electrons. The van der Waals surface area contributed by atoms with Gasteiger partial charge in [-0.25, -0.2) is 0 Å². The summed E-state index contributed by atoms with van der Waals surface area (Å²) < 4.78 is 0. The number of rotatable bonds is 3. The molecule has 1 N–H and O–H groups in total. The zero-order chi connectivity index (χ0) is 8.97. The molecule has 0 bridgehead atoms. The highest BCUT2D eigenvalue weighted by atomic mass is 35.5. The average Bonchev–Trinajstić information content (AvgIpc) is 2.04. The fraction of sp³-hybridized carbons (Fsp3) is 1.00. The number of halogens is 1. The van der Waals surface area contributed by atoms with Crippen molar-refractivity contribution in [3.8, 4) is 0 Å². The molecule has 3 heteroatoms. The standard InChI is InChI=1S/C9H18ClNO/c1-8(5-10)6-11-4-2-3-9(12)7-11/h8-9,12H,2-7H2,1H3. The van der Waals surface area contributed by atoms with Crippen molar-refractivity contribution in [2.45, 2.75) is 25.9 Å². The van der Waals surface area contributed by atoms with Gasteiger partial charge in [-0.1, -0.05) is 6.92 Å². The van der Waals surface area contributed by atoms with E-state index in [4.69, 9.17) is 11.6 Å². The van der Waals surface area contributed by atoms with E-state index in [9.17, 15) is 5.11 Å². The number of aliphatic hydroxyl groups excluding tert-OH is 1. The maximum absolute atomic E-state index is 9.39. The molecule has 1 heterocycles. The van der Waals surface area contributed by atoms with Crippen LogP contribution in [0, 0.1) is 5.92 Å². The molecule has 0 radical (unpaired) electrons. The predicted octanol–water partition coefficient (Wildman–Crippen LogP) is 1.32. The highest BCUT2D eigenvalue weighted by Gasteiger charge is 2.18. The Morgan fingerprint density at radius 3 is 3.00 bits per heavy atom. The van der Waals surface area contributed by atoms with Gasteiger partial charge in [-0.15, -0.1) is 11.6 Å². The van der Waals surface area contributed by atoms with Crippen LogP contribution < -0.4 is 0 Å². The fourth-order valence-electron chi connectivity index (χ4n) is 1.69. The number of hydrogen-bond donors (Lipinski definition) is 1. The summed E-state index contributed by atoms with van der Waals surface area (Å²) in [4.78, 5) is 2.31. The highest BCUT2D eigenvalue weighted by molar-refractivity contribution is 6.18. The van der Waals surface area contributed by atoms with Crippen LogP contribution in [0.5, 0.6) is 0 Å². The Bertz CT molecular complexity index is 132. The molecule has 12 heavy (non-hydrogen) atoms. The van der Waals surface area contributed by atoms with Gasteiger partial charge in [0.05, 0.1) is 6.10 Å². The van der Waals surface area contributed by atoms with E-state index in [1.807, 2.05) is 0 Å². The molecule has 0 aromatic heterocycles. The van der Waals surface area contributed by atoms with E-state index in [1.54, 1.807) is 0 Å². The maximum Gasteiger partial charge on any atom is 0.0667 e. The summed E-state index contributed by atoms with van der Waals surface area (Å²) in [6.45, 7) is 5.13. The normalized spacial score (nSPS) is 28.8. The van der Waals surface area contributed by atoms with Gasteiger partial charge in [0.1, 0.15) is 0 Å². The highest BCUT2D eigenvalue weighted by Crippen LogP contribution is 2.12. The van der Waals surface area contributed by atoms with E-state index in [1.165, 1.54) is 0 Å². The molecule has 1 rings (SSSR count). The van der Waals surface area contributed by atoms with Gasteiger partial charge in [0.15, 0.2) is 0 Å². The van der Waals surface area contributed by atoms with E-state index in [0.29, 0.717) is 11.8 Å². The van der Waals surface area contributed by atoms with Crippen molar-refractivity contribution >= 4 is 11.6 Å². The van der Waals surface area contributed by atoms with Crippen molar-refractivity contribution in [2.75, 3.05) is 25.5 Å². The van der Waals surface area contributed by atoms with Gasteiger partial charge in [0, 0.05) is 19.0 Å². The summed E-state index contributed by atoms with van der Waals surface area (Å²) in [7, 11) is 0. The van der Waals surface area contributed by atoms with Crippen LogP contribution in [0.2, 0.25) is 0 Å². The van der Waals surface area contributed by atoms with Crippen LogP contribution in [0.3, 0.4) is 0 Å². The lowest BCUT2D eigenvalue weighted by molar-refractivity contribution is 0.0650. The summed E-state index contributed by atoms with van der Waals surface area (Å²) in [5, 5.41) is 9.39. The summed E-state index contributed by atoms with van der Waals surface area (Å²) in [6.07, 6.45) is 1.98. The number of nitrogens with zero attached hydrogens (tertiary/aromatic N) is 1. The minimum absolute atomic E-state index is 0.110. The third-order valence-electron chi connectivity index (χ3n) is 2.31. The van der Waals surface area contributed by atoms with Crippen LogP contribution >= 0.6 is 11.6 Å². The van der Waals surface area contributed by atoms with Crippen molar-refractivity contribution < 1.29 is 5.11 Å². The first-order chi connectivity index (χ1) is 5.72. The molecule has 1 fully saturated rings. The summed E-state index contributed by atoms with van der Waals surface area (Å²) in [5.74, 6) is 1.25. The predicted molar refractivity (Wildman–Crippen MR) is 51.6 cm³/mol. The monoisotopic (exact) mass is 191 g/mol. The summed E-state index contributed by atoms with van der Waals surface area (Å²) >= 11 is 5.72. The molecule has 0 aromatic carbocycles. The minimum atomic E-state index is -0.110. The fourth-order valence-corrected chi connectivity index (χ4v) is 1.78. The number of piperidine rings is 1. The van der Waals surface area contributed by atoms with Gasteiger partial charge in [-0.2, -0.15) is 0 Å². The second-order valence-corrected chi connectivity index (χ2v) is 4.12. The number of aliphatic hydroxyl groups is 1. The molecule has 2 nitrogen and oxygen atoms in total. The SMILES string of the molecule is CC(CCl)CN1CCCC(O)C1. The molecule has 0 aromatic rings. The number of hydrogen-bond acceptors (Lipinski definition) is 2. The van der Waals surface area contributed by atoms with E-state index >= 15 is 0 Å². The van der Waals surface area contributed by atoms with Crippen molar-refractivity contribution in [3.63, 3.8) is 0 Å². The average molecular weight is 192 g/mol. The van der Waals surface area contributed by atoms with Gasteiger partial charge in [-0.05, 0) is 25.3 Å². The maximum atomic E-state index is 9.39. The van der Waals surface area contributed by atoms with Crippen LogP contribution in [0.4, 0.5) is 0 Å². The summed E-state index contributed by atoms with van der Waals surface area (Å²) in [6, 6.07) is 0. The third kappa shape index (κ3) is 3.30. The molecule has 0 spiro atoms. The van der Waals surface area contributed by atoms with Gasteiger partial charge in [-0.3, -0.25) is 0 Å². The van der Waals surface area contributed by atoms with Crippen molar-refractivity contribution in [1.82, 2.24) is 4.90 Å². The molecule has 2 unspecified atom stereocenters. The zero-order valence-electron chi connectivity index (χ0n) is 7.67. The van der Waals surface area contributed by atoms with Crippen molar-refractivity contribution in [2.24, 2.45) is 5.92 Å². The smallest absolute Gasteiger partial charge is 0.0667 e. The van der Waals surface area contributed by atoms with Crippen LogP contribution in [0.15, 0.2) is 0 Å². The Balaban J connectivity index is 2.22. The van der Waals surface area contributed by atoms with Crippen LogP contribution in [0.1, 0.15) is 19.8 Å². The van der Waals surface area contributed by atoms with Gasteiger partial charge >= 0.3 is 0 Å². The topological polar surface area (TPSA) is 23.5 Å². The largest absolute Gasteiger partial charge is 0.392 e. The Kier molecular flexibility index (Phi) is 4.33. The second-order valence-electron chi connectivity index (χ2n) is 3.82. The van der Waals surface area contributed by atoms with E-state index in [0.717, 1.165) is 32.5 Å². The molecule has 0 amide bonds. The lowest BCUT2D eigenvalue weighted by Gasteiger charge is -2.31. The Labute approximate surface area is 79.5 Å². The van der Waals surface area contributed by atoms with Gasteiger partial charge in [0.25, 0.3) is 0 Å². The third-order valence-corrected chi connectivity index (χ3v) is 2.84. The number of β-amino-alcohol motifs (C(OH)–C–C–N with tert-alkyl or cyclic N) is 1.